The van der Waals surface area contributed by atoms with E-state index < -0.39 is 0 Å². The predicted octanol–water partition coefficient (Wildman–Crippen LogP) is 4.15. The molecule has 0 bridgehead atoms. The number of rotatable bonds is 3. The molecule has 84 valence electrons. The Morgan fingerprint density at radius 1 is 0.824 bits per heavy atom. The molecule has 0 aliphatic rings. The lowest BCUT2D eigenvalue weighted by molar-refractivity contribution is 0.105. The van der Waals surface area contributed by atoms with Gasteiger partial charge in [-0.2, -0.15) is 0 Å². The van der Waals surface area contributed by atoms with Gasteiger partial charge >= 0.3 is 0 Å². The summed E-state index contributed by atoms with van der Waals surface area (Å²) in [6.07, 6.45) is 0. The first-order valence-electron chi connectivity index (χ1n) is 5.28. The Labute approximate surface area is 105 Å². The van der Waals surface area contributed by atoms with Gasteiger partial charge < -0.3 is 0 Å². The third kappa shape index (κ3) is 2.63. The first kappa shape index (κ1) is 11.6. The number of carbonyl (C=O) groups excluding carboxylic acids is 1. The predicted molar refractivity (Wildman–Crippen MR) is 71.0 cm³/mol. The highest BCUT2D eigenvalue weighted by molar-refractivity contribution is 6.39. The second-order valence-corrected chi connectivity index (χ2v) is 3.80. The van der Waals surface area contributed by atoms with Crippen LogP contribution in [0.3, 0.4) is 0 Å². The Bertz CT molecular complexity index is 529. The van der Waals surface area contributed by atoms with Crippen molar-refractivity contribution in [3.05, 3.63) is 77.3 Å². The third-order valence-electron chi connectivity index (χ3n) is 2.47. The van der Waals surface area contributed by atoms with Crippen LogP contribution in [-0.4, -0.2) is 5.78 Å². The molecule has 0 amide bonds. The molecule has 2 aromatic carbocycles. The quantitative estimate of drug-likeness (QED) is 0.584. The Kier molecular flexibility index (Phi) is 3.73. The fourth-order valence-corrected chi connectivity index (χ4v) is 1.83. The molecule has 0 fully saturated rings. The van der Waals surface area contributed by atoms with Gasteiger partial charge in [0.2, 0.25) is 0 Å². The van der Waals surface area contributed by atoms with E-state index in [1.807, 2.05) is 48.5 Å². The normalized spacial score (nSPS) is 11.2. The van der Waals surface area contributed by atoms with Crippen molar-refractivity contribution in [2.45, 2.75) is 0 Å². The fraction of sp³-hybridized carbons (Fsp3) is 0. The molecular weight excluding hydrogens is 232 g/mol. The van der Waals surface area contributed by atoms with Crippen LogP contribution in [0.4, 0.5) is 0 Å². The molecule has 2 heteroatoms. The fourth-order valence-electron chi connectivity index (χ4n) is 1.61. The molecule has 0 saturated heterocycles. The summed E-state index contributed by atoms with van der Waals surface area (Å²) < 4.78 is 0. The van der Waals surface area contributed by atoms with Gasteiger partial charge in [0.15, 0.2) is 5.78 Å². The van der Waals surface area contributed by atoms with Crippen LogP contribution in [0.25, 0.3) is 5.57 Å². The van der Waals surface area contributed by atoms with Crippen molar-refractivity contribution in [1.82, 2.24) is 0 Å². The van der Waals surface area contributed by atoms with Crippen LogP contribution in [-0.2, 0) is 0 Å². The van der Waals surface area contributed by atoms with Crippen molar-refractivity contribution in [2.24, 2.45) is 0 Å². The summed E-state index contributed by atoms with van der Waals surface area (Å²) in [7, 11) is 0. The molecule has 1 nitrogen and oxygen atoms in total. The SMILES string of the molecule is O=C(C(=CCl)c1ccccc1)c1ccccc1. The summed E-state index contributed by atoms with van der Waals surface area (Å²) in [6, 6.07) is 18.5. The van der Waals surface area contributed by atoms with Crippen molar-refractivity contribution in [3.8, 4) is 0 Å². The van der Waals surface area contributed by atoms with Crippen LogP contribution in [0.15, 0.2) is 66.2 Å². The van der Waals surface area contributed by atoms with Gasteiger partial charge in [-0.15, -0.1) is 0 Å². The standard InChI is InChI=1S/C15H11ClO/c16-11-14(12-7-3-1-4-8-12)15(17)13-9-5-2-6-10-13/h1-11H. The van der Waals surface area contributed by atoms with E-state index >= 15 is 0 Å². The van der Waals surface area contributed by atoms with Gasteiger partial charge in [-0.05, 0) is 5.56 Å². The summed E-state index contributed by atoms with van der Waals surface area (Å²) in [5.74, 6) is -0.0631. The van der Waals surface area contributed by atoms with E-state index in [-0.39, 0.29) is 5.78 Å². The Balaban J connectivity index is 2.37. The molecule has 0 radical (unpaired) electrons. The van der Waals surface area contributed by atoms with Crippen LogP contribution in [0.5, 0.6) is 0 Å². The van der Waals surface area contributed by atoms with Crippen molar-refractivity contribution in [1.29, 1.82) is 0 Å². The Morgan fingerprint density at radius 3 is 1.76 bits per heavy atom. The Hall–Kier alpha value is -1.86. The number of Topliss-reactive ketones (excluding diaryl/α,β-unsaturated/α-hetero) is 1. The molecule has 0 aliphatic heterocycles. The Morgan fingerprint density at radius 2 is 1.29 bits per heavy atom. The van der Waals surface area contributed by atoms with Crippen LogP contribution < -0.4 is 0 Å². The molecule has 0 unspecified atom stereocenters. The van der Waals surface area contributed by atoms with Crippen LogP contribution in [0.1, 0.15) is 15.9 Å². The maximum absolute atomic E-state index is 12.2. The summed E-state index contributed by atoms with van der Waals surface area (Å²) in [5.41, 5.74) is 3.32. The molecule has 0 heterocycles. The molecule has 0 aromatic heterocycles. The van der Waals surface area contributed by atoms with E-state index in [4.69, 9.17) is 11.6 Å². The van der Waals surface area contributed by atoms with Gasteiger partial charge in [-0.25, -0.2) is 0 Å². The molecule has 0 saturated carbocycles. The van der Waals surface area contributed by atoms with Crippen LogP contribution in [0, 0.1) is 0 Å². The second-order valence-electron chi connectivity index (χ2n) is 3.58. The second kappa shape index (κ2) is 5.46. The number of hydrogen-bond donors (Lipinski definition) is 0. The molecule has 2 aromatic rings. The molecule has 0 N–H and O–H groups in total. The number of halogens is 1. The van der Waals surface area contributed by atoms with E-state index in [1.54, 1.807) is 12.1 Å². The number of carbonyl (C=O) groups is 1. The average molecular weight is 243 g/mol. The smallest absolute Gasteiger partial charge is 0.194 e. The molecule has 0 aliphatic carbocycles. The van der Waals surface area contributed by atoms with E-state index in [0.29, 0.717) is 11.1 Å². The van der Waals surface area contributed by atoms with Gasteiger partial charge in [-0.1, -0.05) is 72.3 Å². The lowest BCUT2D eigenvalue weighted by Crippen LogP contribution is -2.01. The van der Waals surface area contributed by atoms with E-state index in [9.17, 15) is 4.79 Å². The zero-order chi connectivity index (χ0) is 12.1. The number of ketones is 1. The minimum Gasteiger partial charge on any atom is -0.289 e. The van der Waals surface area contributed by atoms with E-state index in [1.165, 1.54) is 5.54 Å². The van der Waals surface area contributed by atoms with Gasteiger partial charge in [0.05, 0.1) is 0 Å². The minimum atomic E-state index is -0.0631. The maximum atomic E-state index is 12.2. The van der Waals surface area contributed by atoms with Crippen molar-refractivity contribution in [3.63, 3.8) is 0 Å². The van der Waals surface area contributed by atoms with Gasteiger partial charge in [0, 0.05) is 16.7 Å². The summed E-state index contributed by atoms with van der Waals surface area (Å²) in [6.45, 7) is 0. The molecule has 17 heavy (non-hydrogen) atoms. The summed E-state index contributed by atoms with van der Waals surface area (Å²) in [5, 5.41) is 0. The molecule has 0 spiro atoms. The highest BCUT2D eigenvalue weighted by Crippen LogP contribution is 2.20. The van der Waals surface area contributed by atoms with Crippen molar-refractivity contribution >= 4 is 23.0 Å². The van der Waals surface area contributed by atoms with E-state index in [2.05, 4.69) is 0 Å². The van der Waals surface area contributed by atoms with Crippen molar-refractivity contribution in [2.75, 3.05) is 0 Å². The molecule has 2 rings (SSSR count). The topological polar surface area (TPSA) is 17.1 Å². The summed E-state index contributed by atoms with van der Waals surface area (Å²) in [4.78, 5) is 12.2. The maximum Gasteiger partial charge on any atom is 0.194 e. The molecule has 0 atom stereocenters. The zero-order valence-electron chi connectivity index (χ0n) is 9.14. The highest BCUT2D eigenvalue weighted by Gasteiger charge is 2.12. The number of hydrogen-bond acceptors (Lipinski definition) is 1. The van der Waals surface area contributed by atoms with Gasteiger partial charge in [0.25, 0.3) is 0 Å². The van der Waals surface area contributed by atoms with Gasteiger partial charge in [0.1, 0.15) is 0 Å². The number of allylic oxidation sites excluding steroid dienone is 1. The third-order valence-corrected chi connectivity index (χ3v) is 2.69. The van der Waals surface area contributed by atoms with Crippen LogP contribution in [0.2, 0.25) is 0 Å². The minimum absolute atomic E-state index is 0.0631. The van der Waals surface area contributed by atoms with Crippen LogP contribution >= 0.6 is 11.6 Å². The first-order valence-corrected chi connectivity index (χ1v) is 5.72. The van der Waals surface area contributed by atoms with E-state index in [0.717, 1.165) is 5.56 Å². The number of benzene rings is 2. The summed E-state index contributed by atoms with van der Waals surface area (Å²) >= 11 is 5.76. The largest absolute Gasteiger partial charge is 0.289 e. The monoisotopic (exact) mass is 242 g/mol. The lowest BCUT2D eigenvalue weighted by Gasteiger charge is -2.05. The molecular formula is C15H11ClO. The first-order chi connectivity index (χ1) is 8.33. The van der Waals surface area contributed by atoms with Crippen molar-refractivity contribution < 1.29 is 4.79 Å². The zero-order valence-corrected chi connectivity index (χ0v) is 9.89. The average Bonchev–Trinajstić information content (AvgIpc) is 2.42. The van der Waals surface area contributed by atoms with Gasteiger partial charge in [-0.3, -0.25) is 4.79 Å². The highest BCUT2D eigenvalue weighted by atomic mass is 35.5. The lowest BCUT2D eigenvalue weighted by atomic mass is 9.98.